The summed E-state index contributed by atoms with van der Waals surface area (Å²) in [5, 5.41) is 2.74. The highest BCUT2D eigenvalue weighted by atomic mass is 32.2. The number of nitrogens with zero attached hydrogens (tertiary/aromatic N) is 1. The van der Waals surface area contributed by atoms with E-state index in [2.05, 4.69) is 5.32 Å². The fourth-order valence-electron chi connectivity index (χ4n) is 3.91. The molecule has 0 spiro atoms. The predicted molar refractivity (Wildman–Crippen MR) is 140 cm³/mol. The van der Waals surface area contributed by atoms with E-state index >= 15 is 0 Å². The molecular formula is C28H31FN2O5S. The Morgan fingerprint density at radius 1 is 1.08 bits per heavy atom. The van der Waals surface area contributed by atoms with Crippen molar-refractivity contribution < 1.29 is 27.1 Å². The lowest BCUT2D eigenvalue weighted by Gasteiger charge is -2.36. The third-order valence-electron chi connectivity index (χ3n) is 6.08. The zero-order valence-electron chi connectivity index (χ0n) is 21.3. The molecule has 1 amide bonds. The number of hydrogen-bond donors (Lipinski definition) is 1. The third kappa shape index (κ3) is 6.05. The van der Waals surface area contributed by atoms with Crippen LogP contribution in [-0.2, 0) is 20.2 Å². The van der Waals surface area contributed by atoms with E-state index in [4.69, 9.17) is 9.47 Å². The van der Waals surface area contributed by atoms with E-state index < -0.39 is 22.0 Å². The number of nitrogens with one attached hydrogen (secondary N) is 1. The van der Waals surface area contributed by atoms with E-state index in [1.165, 1.54) is 28.6 Å². The molecule has 3 aromatic carbocycles. The van der Waals surface area contributed by atoms with E-state index in [-0.39, 0.29) is 35.8 Å². The number of hydrogen-bond acceptors (Lipinski definition) is 5. The summed E-state index contributed by atoms with van der Waals surface area (Å²) in [4.78, 5) is 13.1. The molecule has 7 nitrogen and oxygen atoms in total. The minimum Gasteiger partial charge on any atom is -0.492 e. The first-order valence-electron chi connectivity index (χ1n) is 12.0. The largest absolute Gasteiger partial charge is 0.492 e. The molecular weight excluding hydrogens is 495 g/mol. The van der Waals surface area contributed by atoms with E-state index in [9.17, 15) is 17.6 Å². The SMILES string of the molecule is Cc1ccc(S(=O)(=O)N2C[C@H](C(=O)NCCOc3ccc(F)cc3)Oc3ccc(C(C)(C)C)cc32)cc1. The van der Waals surface area contributed by atoms with Gasteiger partial charge in [-0.2, -0.15) is 0 Å². The van der Waals surface area contributed by atoms with Gasteiger partial charge in [-0.05, 0) is 66.4 Å². The summed E-state index contributed by atoms with van der Waals surface area (Å²) in [6, 6.07) is 17.6. The van der Waals surface area contributed by atoms with Crippen molar-refractivity contribution in [2.75, 3.05) is 24.0 Å². The zero-order chi connectivity index (χ0) is 26.8. The topological polar surface area (TPSA) is 84.9 Å². The van der Waals surface area contributed by atoms with Gasteiger partial charge in [0.15, 0.2) is 6.10 Å². The molecule has 0 unspecified atom stereocenters. The lowest BCUT2D eigenvalue weighted by atomic mass is 9.86. The summed E-state index contributed by atoms with van der Waals surface area (Å²) in [7, 11) is -3.97. The van der Waals surface area contributed by atoms with Crippen LogP contribution in [0.3, 0.4) is 0 Å². The number of carbonyl (C=O) groups is 1. The van der Waals surface area contributed by atoms with Gasteiger partial charge in [0, 0.05) is 0 Å². The second-order valence-corrected chi connectivity index (χ2v) is 11.8. The van der Waals surface area contributed by atoms with Crippen molar-refractivity contribution in [3.05, 3.63) is 83.7 Å². The van der Waals surface area contributed by atoms with Crippen LogP contribution in [0.4, 0.5) is 10.1 Å². The van der Waals surface area contributed by atoms with E-state index in [1.807, 2.05) is 39.8 Å². The molecule has 0 bridgehead atoms. The molecule has 1 N–H and O–H groups in total. The number of fused-ring (bicyclic) bond motifs is 1. The number of benzene rings is 3. The van der Waals surface area contributed by atoms with Crippen LogP contribution >= 0.6 is 0 Å². The predicted octanol–water partition coefficient (Wildman–Crippen LogP) is 4.58. The number of aryl methyl sites for hydroxylation is 1. The number of carbonyl (C=O) groups excluding carboxylic acids is 1. The van der Waals surface area contributed by atoms with Gasteiger partial charge in [0.2, 0.25) is 0 Å². The summed E-state index contributed by atoms with van der Waals surface area (Å²) < 4.78 is 53.2. The van der Waals surface area contributed by atoms with Crippen molar-refractivity contribution in [2.45, 2.75) is 44.1 Å². The van der Waals surface area contributed by atoms with Gasteiger partial charge < -0.3 is 14.8 Å². The lowest BCUT2D eigenvalue weighted by molar-refractivity contribution is -0.127. The molecule has 4 rings (SSSR count). The van der Waals surface area contributed by atoms with Gasteiger partial charge in [0.05, 0.1) is 23.7 Å². The van der Waals surface area contributed by atoms with Crippen LogP contribution in [0.1, 0.15) is 31.9 Å². The molecule has 196 valence electrons. The summed E-state index contributed by atoms with van der Waals surface area (Å²) in [5.41, 5.74) is 2.07. The number of rotatable bonds is 7. The number of amides is 1. The molecule has 0 fully saturated rings. The Kier molecular flexibility index (Phi) is 7.45. The van der Waals surface area contributed by atoms with Gasteiger partial charge >= 0.3 is 0 Å². The van der Waals surface area contributed by atoms with Crippen LogP contribution in [0, 0.1) is 12.7 Å². The average Bonchev–Trinajstić information content (AvgIpc) is 2.86. The number of halogens is 1. The summed E-state index contributed by atoms with van der Waals surface area (Å²) in [6.45, 7) is 8.15. The normalized spacial score (nSPS) is 15.5. The molecule has 0 aliphatic carbocycles. The Morgan fingerprint density at radius 3 is 2.41 bits per heavy atom. The lowest BCUT2D eigenvalue weighted by Crippen LogP contribution is -2.51. The molecule has 37 heavy (non-hydrogen) atoms. The van der Waals surface area contributed by atoms with Crippen LogP contribution in [0.2, 0.25) is 0 Å². The standard InChI is InChI=1S/C28H31FN2O5S/c1-19-5-12-23(13-6-19)37(33,34)31-18-26(36-25-14-7-20(17-24(25)31)28(2,3)4)27(32)30-15-16-35-22-10-8-21(29)9-11-22/h5-14,17,26H,15-16,18H2,1-4H3,(H,30,32)/t26-/m1/s1. The van der Waals surface area contributed by atoms with Gasteiger partial charge in [-0.25, -0.2) is 12.8 Å². The molecule has 1 aliphatic heterocycles. The van der Waals surface area contributed by atoms with Gasteiger partial charge in [-0.3, -0.25) is 9.10 Å². The van der Waals surface area contributed by atoms with Crippen LogP contribution in [0.5, 0.6) is 11.5 Å². The molecule has 1 aliphatic rings. The first kappa shape index (κ1) is 26.5. The highest BCUT2D eigenvalue weighted by Gasteiger charge is 2.38. The summed E-state index contributed by atoms with van der Waals surface area (Å²) >= 11 is 0. The minimum absolute atomic E-state index is 0.138. The molecule has 0 radical (unpaired) electrons. The first-order chi connectivity index (χ1) is 17.4. The number of sulfonamides is 1. The molecule has 0 aromatic heterocycles. The summed E-state index contributed by atoms with van der Waals surface area (Å²) in [5.74, 6) is -0.0336. The van der Waals surface area contributed by atoms with Crippen molar-refractivity contribution >= 4 is 21.6 Å². The number of anilines is 1. The van der Waals surface area contributed by atoms with Crippen LogP contribution in [-0.4, -0.2) is 40.1 Å². The highest BCUT2D eigenvalue weighted by molar-refractivity contribution is 7.92. The first-order valence-corrected chi connectivity index (χ1v) is 13.5. The maximum absolute atomic E-state index is 13.7. The van der Waals surface area contributed by atoms with E-state index in [0.29, 0.717) is 17.2 Å². The highest BCUT2D eigenvalue weighted by Crippen LogP contribution is 2.40. The van der Waals surface area contributed by atoms with Crippen LogP contribution in [0.15, 0.2) is 71.6 Å². The van der Waals surface area contributed by atoms with Gasteiger partial charge in [-0.15, -0.1) is 0 Å². The van der Waals surface area contributed by atoms with Crippen molar-refractivity contribution in [3.63, 3.8) is 0 Å². The second-order valence-electron chi connectivity index (χ2n) is 9.98. The van der Waals surface area contributed by atoms with Crippen molar-refractivity contribution in [1.29, 1.82) is 0 Å². The zero-order valence-corrected chi connectivity index (χ0v) is 22.1. The monoisotopic (exact) mass is 526 g/mol. The molecule has 1 heterocycles. The maximum Gasteiger partial charge on any atom is 0.264 e. The fraction of sp³-hybridized carbons (Fsp3) is 0.321. The molecule has 1 atom stereocenters. The Labute approximate surface area is 217 Å². The molecule has 0 saturated heterocycles. The maximum atomic E-state index is 13.7. The quantitative estimate of drug-likeness (QED) is 0.456. The third-order valence-corrected chi connectivity index (χ3v) is 7.87. The van der Waals surface area contributed by atoms with Gasteiger partial charge in [0.25, 0.3) is 15.9 Å². The average molecular weight is 527 g/mol. The van der Waals surface area contributed by atoms with E-state index in [1.54, 1.807) is 30.3 Å². The Balaban J connectivity index is 1.55. The van der Waals surface area contributed by atoms with Crippen LogP contribution < -0.4 is 19.1 Å². The van der Waals surface area contributed by atoms with Crippen molar-refractivity contribution in [2.24, 2.45) is 0 Å². The Bertz CT molecular complexity index is 1370. The molecule has 0 saturated carbocycles. The van der Waals surface area contributed by atoms with Crippen LogP contribution in [0.25, 0.3) is 0 Å². The number of ether oxygens (including phenoxy) is 2. The second kappa shape index (κ2) is 10.4. The van der Waals surface area contributed by atoms with Crippen molar-refractivity contribution in [3.8, 4) is 11.5 Å². The Hall–Kier alpha value is -3.59. The fourth-order valence-corrected chi connectivity index (χ4v) is 5.37. The van der Waals surface area contributed by atoms with Gasteiger partial charge in [-0.1, -0.05) is 44.5 Å². The smallest absolute Gasteiger partial charge is 0.264 e. The minimum atomic E-state index is -3.97. The van der Waals surface area contributed by atoms with E-state index in [0.717, 1.165) is 11.1 Å². The Morgan fingerprint density at radius 2 is 1.76 bits per heavy atom. The molecule has 9 heteroatoms. The summed E-state index contributed by atoms with van der Waals surface area (Å²) in [6.07, 6.45) is -1.06. The van der Waals surface area contributed by atoms with Gasteiger partial charge in [0.1, 0.15) is 23.9 Å². The molecule has 3 aromatic rings. The van der Waals surface area contributed by atoms with Crippen molar-refractivity contribution in [1.82, 2.24) is 5.32 Å².